The van der Waals surface area contributed by atoms with E-state index < -0.39 is 0 Å². The summed E-state index contributed by atoms with van der Waals surface area (Å²) in [7, 11) is 0. The van der Waals surface area contributed by atoms with Crippen molar-refractivity contribution in [2.75, 3.05) is 4.90 Å². The Kier molecular flexibility index (Phi) is 9.68. The van der Waals surface area contributed by atoms with Crippen LogP contribution < -0.4 is 4.90 Å². The second kappa shape index (κ2) is 15.4. The van der Waals surface area contributed by atoms with Gasteiger partial charge < -0.3 is 9.47 Å². The minimum atomic E-state index is -0.0374. The lowest BCUT2D eigenvalue weighted by Crippen LogP contribution is -2.17. The lowest BCUT2D eigenvalue weighted by Gasteiger charge is -2.32. The fraction of sp³-hybridized carbons (Fsp3) is 0.133. The number of anilines is 3. The smallest absolute Gasteiger partial charge is 0.0782 e. The number of benzene rings is 9. The SMILES string of the molecule is CC(C)(C)c1cc(-c2ccccc2N(c2ccccc2-c2cccc3cccc(-c4ccccc4)c23)c2cccc3c4ccccc4n(-c4ccccc4)c23)cc(C(C)(C)C)c1. The Labute approximate surface area is 366 Å². The number of nitrogens with zero attached hydrogens (tertiary/aromatic N) is 2. The summed E-state index contributed by atoms with van der Waals surface area (Å²) >= 11 is 0. The van der Waals surface area contributed by atoms with Gasteiger partial charge in [-0.05, 0) is 91.4 Å². The highest BCUT2D eigenvalue weighted by molar-refractivity contribution is 6.16. The lowest BCUT2D eigenvalue weighted by molar-refractivity contribution is 0.569. The number of hydrogen-bond donors (Lipinski definition) is 0. The zero-order chi connectivity index (χ0) is 42.6. The van der Waals surface area contributed by atoms with E-state index in [4.69, 9.17) is 0 Å². The van der Waals surface area contributed by atoms with Crippen molar-refractivity contribution in [1.82, 2.24) is 4.57 Å². The van der Waals surface area contributed by atoms with Gasteiger partial charge in [0, 0.05) is 27.6 Å². The highest BCUT2D eigenvalue weighted by Gasteiger charge is 2.27. The molecule has 0 bridgehead atoms. The van der Waals surface area contributed by atoms with Gasteiger partial charge in [-0.2, -0.15) is 0 Å². The number of fused-ring (bicyclic) bond motifs is 4. The third-order valence-electron chi connectivity index (χ3n) is 12.5. The molecule has 0 saturated carbocycles. The predicted octanol–water partition coefficient (Wildman–Crippen LogP) is 17.0. The first-order valence-electron chi connectivity index (χ1n) is 21.9. The van der Waals surface area contributed by atoms with Crippen molar-refractivity contribution in [2.45, 2.75) is 52.4 Å². The van der Waals surface area contributed by atoms with E-state index in [1.54, 1.807) is 0 Å². The van der Waals surface area contributed by atoms with Crippen LogP contribution in [-0.4, -0.2) is 4.57 Å². The molecule has 10 aromatic rings. The molecule has 0 N–H and O–H groups in total. The Bertz CT molecular complexity index is 3210. The van der Waals surface area contributed by atoms with E-state index in [1.807, 2.05) is 0 Å². The van der Waals surface area contributed by atoms with Crippen LogP contribution in [0.3, 0.4) is 0 Å². The highest BCUT2D eigenvalue weighted by Crippen LogP contribution is 2.50. The number of aromatic nitrogens is 1. The van der Waals surface area contributed by atoms with Gasteiger partial charge in [-0.15, -0.1) is 0 Å². The maximum atomic E-state index is 2.55. The largest absolute Gasteiger partial charge is 0.307 e. The molecule has 2 heteroatoms. The van der Waals surface area contributed by atoms with Crippen molar-refractivity contribution in [1.29, 1.82) is 0 Å². The van der Waals surface area contributed by atoms with Crippen LogP contribution in [-0.2, 0) is 10.8 Å². The first kappa shape index (κ1) is 39.0. The van der Waals surface area contributed by atoms with E-state index in [0.717, 1.165) is 33.8 Å². The van der Waals surface area contributed by atoms with Gasteiger partial charge in [-0.1, -0.05) is 211 Å². The molecular formula is C60H52N2. The monoisotopic (exact) mass is 800 g/mol. The minimum Gasteiger partial charge on any atom is -0.307 e. The van der Waals surface area contributed by atoms with Gasteiger partial charge in [-0.3, -0.25) is 0 Å². The minimum absolute atomic E-state index is 0.0374. The first-order valence-corrected chi connectivity index (χ1v) is 21.9. The van der Waals surface area contributed by atoms with Crippen LogP contribution in [0.5, 0.6) is 0 Å². The van der Waals surface area contributed by atoms with Crippen LogP contribution in [0.25, 0.3) is 71.6 Å². The van der Waals surface area contributed by atoms with Crippen LogP contribution in [0.15, 0.2) is 206 Å². The molecule has 0 atom stereocenters. The molecule has 0 aliphatic rings. The van der Waals surface area contributed by atoms with Crippen molar-refractivity contribution < 1.29 is 0 Å². The summed E-state index contributed by atoms with van der Waals surface area (Å²) in [5.74, 6) is 0. The van der Waals surface area contributed by atoms with Gasteiger partial charge in [-0.25, -0.2) is 0 Å². The van der Waals surface area contributed by atoms with E-state index in [0.29, 0.717) is 0 Å². The fourth-order valence-corrected chi connectivity index (χ4v) is 9.30. The number of hydrogen-bond acceptors (Lipinski definition) is 1. The number of para-hydroxylation sites is 5. The lowest BCUT2D eigenvalue weighted by atomic mass is 9.78. The maximum absolute atomic E-state index is 2.55. The van der Waals surface area contributed by atoms with Gasteiger partial charge in [0.2, 0.25) is 0 Å². The Morgan fingerprint density at radius 1 is 0.371 bits per heavy atom. The molecule has 9 aromatic carbocycles. The Morgan fingerprint density at radius 3 is 1.55 bits per heavy atom. The summed E-state index contributed by atoms with van der Waals surface area (Å²) in [4.78, 5) is 2.55. The third-order valence-corrected chi connectivity index (χ3v) is 12.5. The molecule has 0 radical (unpaired) electrons. The molecule has 62 heavy (non-hydrogen) atoms. The fourth-order valence-electron chi connectivity index (χ4n) is 9.30. The van der Waals surface area contributed by atoms with E-state index in [9.17, 15) is 0 Å². The summed E-state index contributed by atoms with van der Waals surface area (Å²) < 4.78 is 2.46. The topological polar surface area (TPSA) is 8.17 Å². The van der Waals surface area contributed by atoms with Crippen LogP contribution in [0.1, 0.15) is 52.7 Å². The summed E-state index contributed by atoms with van der Waals surface area (Å²) in [5, 5.41) is 4.89. The second-order valence-corrected chi connectivity index (χ2v) is 18.6. The zero-order valence-electron chi connectivity index (χ0n) is 36.5. The predicted molar refractivity (Wildman–Crippen MR) is 267 cm³/mol. The van der Waals surface area contributed by atoms with Gasteiger partial charge in [0.1, 0.15) is 0 Å². The average molecular weight is 801 g/mol. The normalized spacial score (nSPS) is 12.0. The summed E-state index contributed by atoms with van der Waals surface area (Å²) in [6.45, 7) is 13.9. The molecule has 1 aromatic heterocycles. The molecule has 0 aliphatic heterocycles. The van der Waals surface area contributed by atoms with Crippen LogP contribution in [0.4, 0.5) is 17.1 Å². The summed E-state index contributed by atoms with van der Waals surface area (Å²) in [6, 6.07) is 76.1. The van der Waals surface area contributed by atoms with Crippen molar-refractivity contribution in [3.05, 3.63) is 217 Å². The van der Waals surface area contributed by atoms with Crippen molar-refractivity contribution in [3.63, 3.8) is 0 Å². The first-order chi connectivity index (χ1) is 30.1. The summed E-state index contributed by atoms with van der Waals surface area (Å²) in [5.41, 5.74) is 16.6. The quantitative estimate of drug-likeness (QED) is 0.156. The zero-order valence-corrected chi connectivity index (χ0v) is 36.5. The Morgan fingerprint density at radius 2 is 0.871 bits per heavy atom. The van der Waals surface area contributed by atoms with Crippen molar-refractivity contribution in [2.24, 2.45) is 0 Å². The van der Waals surface area contributed by atoms with E-state index in [1.165, 1.54) is 66.0 Å². The molecule has 302 valence electrons. The molecule has 0 spiro atoms. The Balaban J connectivity index is 1.34. The molecule has 0 aliphatic carbocycles. The second-order valence-electron chi connectivity index (χ2n) is 18.6. The maximum Gasteiger partial charge on any atom is 0.0782 e. The van der Waals surface area contributed by atoms with E-state index >= 15 is 0 Å². The third kappa shape index (κ3) is 6.86. The molecule has 2 nitrogen and oxygen atoms in total. The standard InChI is InChI=1S/C60H52N2/c1-59(2,3)44-38-43(39-45(40-44)60(4,5)6)47-28-13-16-34-53(47)62(56-37-21-33-52-50-30-15-17-35-54(50)61(58(52)56)46-26-11-8-12-27-46)55-36-18-14-29-49(55)51-32-20-25-42-24-19-31-48(57(42)51)41-22-9-7-10-23-41/h7-40H,1-6H3. The van der Waals surface area contributed by atoms with Gasteiger partial charge >= 0.3 is 0 Å². The molecule has 0 unspecified atom stereocenters. The Hall–Kier alpha value is -7.16. The summed E-state index contributed by atoms with van der Waals surface area (Å²) in [6.07, 6.45) is 0. The van der Waals surface area contributed by atoms with E-state index in [2.05, 4.69) is 257 Å². The molecule has 0 saturated heterocycles. The molecule has 1 heterocycles. The van der Waals surface area contributed by atoms with Gasteiger partial charge in [0.25, 0.3) is 0 Å². The highest BCUT2D eigenvalue weighted by atomic mass is 15.2. The average Bonchev–Trinajstić information content (AvgIpc) is 3.64. The molecule has 0 fully saturated rings. The number of rotatable bonds is 7. The molecule has 10 rings (SSSR count). The molecule has 0 amide bonds. The van der Waals surface area contributed by atoms with E-state index in [-0.39, 0.29) is 10.8 Å². The van der Waals surface area contributed by atoms with Crippen LogP contribution in [0.2, 0.25) is 0 Å². The molecular weight excluding hydrogens is 749 g/mol. The van der Waals surface area contributed by atoms with Crippen LogP contribution in [0, 0.1) is 0 Å². The van der Waals surface area contributed by atoms with Crippen LogP contribution >= 0.6 is 0 Å². The van der Waals surface area contributed by atoms with Gasteiger partial charge in [0.15, 0.2) is 0 Å². The van der Waals surface area contributed by atoms with Crippen molar-refractivity contribution in [3.8, 4) is 39.1 Å². The van der Waals surface area contributed by atoms with Gasteiger partial charge in [0.05, 0.1) is 28.1 Å². The van der Waals surface area contributed by atoms with Crippen molar-refractivity contribution >= 4 is 49.6 Å².